The molecular weight excluding hydrogens is 396 g/mol. The largest absolute Gasteiger partial charge is 0.457 e. The molecule has 1 spiro atoms. The summed E-state index contributed by atoms with van der Waals surface area (Å²) < 4.78 is 10.6. The molecule has 0 aliphatic carbocycles. The first-order valence-electron chi connectivity index (χ1n) is 11.2. The lowest BCUT2D eigenvalue weighted by atomic mass is 9.78. The van der Waals surface area contributed by atoms with Crippen LogP contribution < -0.4 is 0 Å². The van der Waals surface area contributed by atoms with Crippen molar-refractivity contribution in [2.24, 2.45) is 5.41 Å². The van der Waals surface area contributed by atoms with E-state index in [-0.39, 0.29) is 17.5 Å². The molecule has 1 atom stereocenters. The highest BCUT2D eigenvalue weighted by atomic mass is 16.6. The Labute approximate surface area is 184 Å². The zero-order chi connectivity index (χ0) is 22.4. The molecule has 170 valence electrons. The number of nitrogens with zero attached hydrogens (tertiary/aromatic N) is 2. The molecule has 2 fully saturated rings. The fourth-order valence-corrected chi connectivity index (χ4v) is 5.15. The van der Waals surface area contributed by atoms with E-state index in [0.717, 1.165) is 62.1 Å². The van der Waals surface area contributed by atoms with Gasteiger partial charge in [0.2, 0.25) is 0 Å². The lowest BCUT2D eigenvalue weighted by molar-refractivity contribution is 0.0105. The Morgan fingerprint density at radius 2 is 1.90 bits per heavy atom. The number of cyclic esters (lactones) is 1. The molecule has 31 heavy (non-hydrogen) atoms. The van der Waals surface area contributed by atoms with Gasteiger partial charge in [-0.25, -0.2) is 9.59 Å². The van der Waals surface area contributed by atoms with Crippen molar-refractivity contribution in [1.29, 1.82) is 0 Å². The zero-order valence-corrected chi connectivity index (χ0v) is 19.1. The number of carbonyl (C=O) groups excluding carboxylic acids is 2. The molecule has 1 N–H and O–H groups in total. The number of fused-ring (bicyclic) bond motifs is 1. The standard InChI is InChI=1S/C24H34N2O5/c1-16-17(5-6-18-19(16)14-30-21(18)28)20(27)13-25-10-7-24(15-25)8-11-26(12-9-24)22(29)31-23(2,3)4/h5-6,20,27H,7-15H2,1-4H3. The first kappa shape index (κ1) is 22.1. The Bertz CT molecular complexity index is 867. The fraction of sp³-hybridized carbons (Fsp3) is 0.667. The average Bonchev–Trinajstić information content (AvgIpc) is 3.25. The van der Waals surface area contributed by atoms with Gasteiger partial charge in [-0.3, -0.25) is 4.90 Å². The van der Waals surface area contributed by atoms with Crippen LogP contribution in [0.5, 0.6) is 0 Å². The van der Waals surface area contributed by atoms with Crippen molar-refractivity contribution in [3.05, 3.63) is 34.4 Å². The van der Waals surface area contributed by atoms with Gasteiger partial charge in [0.25, 0.3) is 0 Å². The van der Waals surface area contributed by atoms with Gasteiger partial charge in [0.15, 0.2) is 0 Å². The molecule has 7 nitrogen and oxygen atoms in total. The van der Waals surface area contributed by atoms with Gasteiger partial charge >= 0.3 is 12.1 Å². The van der Waals surface area contributed by atoms with Gasteiger partial charge in [-0.2, -0.15) is 0 Å². The smallest absolute Gasteiger partial charge is 0.410 e. The minimum Gasteiger partial charge on any atom is -0.457 e. The summed E-state index contributed by atoms with van der Waals surface area (Å²) in [6, 6.07) is 3.63. The summed E-state index contributed by atoms with van der Waals surface area (Å²) in [7, 11) is 0. The molecule has 2 saturated heterocycles. The van der Waals surface area contributed by atoms with E-state index in [1.54, 1.807) is 6.07 Å². The maximum Gasteiger partial charge on any atom is 0.410 e. The summed E-state index contributed by atoms with van der Waals surface area (Å²) in [6.07, 6.45) is 2.21. The van der Waals surface area contributed by atoms with Crippen LogP contribution in [-0.2, 0) is 16.1 Å². The normalized spacial score (nSPS) is 21.8. The summed E-state index contributed by atoms with van der Waals surface area (Å²) in [5.41, 5.74) is 3.08. The number of rotatable bonds is 3. The SMILES string of the molecule is Cc1c(C(O)CN2CCC3(CCN(C(=O)OC(C)(C)C)CC3)C2)ccc2c1COC2=O. The second kappa shape index (κ2) is 8.10. The van der Waals surface area contributed by atoms with Crippen molar-refractivity contribution in [3.8, 4) is 0 Å². The van der Waals surface area contributed by atoms with Crippen LogP contribution in [0.15, 0.2) is 12.1 Å². The van der Waals surface area contributed by atoms with Crippen molar-refractivity contribution in [3.63, 3.8) is 0 Å². The minimum atomic E-state index is -0.599. The number of aliphatic hydroxyl groups is 1. The third-order valence-corrected chi connectivity index (χ3v) is 6.99. The van der Waals surface area contributed by atoms with Crippen molar-refractivity contribution in [1.82, 2.24) is 9.80 Å². The van der Waals surface area contributed by atoms with E-state index in [2.05, 4.69) is 4.90 Å². The molecule has 0 saturated carbocycles. The Kier molecular flexibility index (Phi) is 5.77. The highest BCUT2D eigenvalue weighted by Crippen LogP contribution is 2.41. The lowest BCUT2D eigenvalue weighted by Gasteiger charge is -2.39. The Morgan fingerprint density at radius 3 is 2.58 bits per heavy atom. The number of esters is 1. The molecule has 4 rings (SSSR count). The molecule has 3 heterocycles. The topological polar surface area (TPSA) is 79.3 Å². The number of benzene rings is 1. The van der Waals surface area contributed by atoms with E-state index in [4.69, 9.17) is 9.47 Å². The van der Waals surface area contributed by atoms with Gasteiger partial charge < -0.3 is 19.5 Å². The van der Waals surface area contributed by atoms with Crippen LogP contribution in [0, 0.1) is 12.3 Å². The van der Waals surface area contributed by atoms with Crippen molar-refractivity contribution < 1.29 is 24.2 Å². The van der Waals surface area contributed by atoms with Crippen LogP contribution in [0.4, 0.5) is 4.79 Å². The number of β-amino-alcohol motifs (C(OH)–C–C–N with tert-alkyl or cyclic N) is 1. The van der Waals surface area contributed by atoms with Crippen LogP contribution in [0.2, 0.25) is 0 Å². The predicted molar refractivity (Wildman–Crippen MR) is 116 cm³/mol. The zero-order valence-electron chi connectivity index (χ0n) is 19.1. The molecule has 1 aromatic carbocycles. The van der Waals surface area contributed by atoms with Crippen molar-refractivity contribution in [2.75, 3.05) is 32.7 Å². The van der Waals surface area contributed by atoms with E-state index >= 15 is 0 Å². The first-order valence-corrected chi connectivity index (χ1v) is 11.2. The Hall–Kier alpha value is -2.12. The Morgan fingerprint density at radius 1 is 1.23 bits per heavy atom. The van der Waals surface area contributed by atoms with Crippen LogP contribution in [0.25, 0.3) is 0 Å². The number of aliphatic hydroxyl groups excluding tert-OH is 1. The Balaban J connectivity index is 1.33. The maximum atomic E-state index is 12.3. The van der Waals surface area contributed by atoms with E-state index in [1.165, 1.54) is 0 Å². The van der Waals surface area contributed by atoms with Crippen LogP contribution in [0.3, 0.4) is 0 Å². The lowest BCUT2D eigenvalue weighted by Crippen LogP contribution is -2.46. The van der Waals surface area contributed by atoms with Gasteiger partial charge in [-0.1, -0.05) is 6.07 Å². The monoisotopic (exact) mass is 430 g/mol. The second-order valence-corrected chi connectivity index (χ2v) is 10.4. The predicted octanol–water partition coefficient (Wildman–Crippen LogP) is 3.42. The first-order chi connectivity index (χ1) is 14.6. The van der Waals surface area contributed by atoms with E-state index in [9.17, 15) is 14.7 Å². The van der Waals surface area contributed by atoms with Gasteiger partial charge in [-0.15, -0.1) is 0 Å². The molecule has 3 aliphatic rings. The van der Waals surface area contributed by atoms with Crippen LogP contribution in [0.1, 0.15) is 73.2 Å². The van der Waals surface area contributed by atoms with Crippen LogP contribution in [-0.4, -0.2) is 65.3 Å². The summed E-state index contributed by atoms with van der Waals surface area (Å²) in [5, 5.41) is 10.9. The molecule has 0 aromatic heterocycles. The second-order valence-electron chi connectivity index (χ2n) is 10.4. The number of hydrogen-bond donors (Lipinski definition) is 1. The molecule has 7 heteroatoms. The maximum absolute atomic E-state index is 12.3. The molecule has 1 amide bonds. The summed E-state index contributed by atoms with van der Waals surface area (Å²) >= 11 is 0. The molecule has 1 unspecified atom stereocenters. The number of piperidine rings is 1. The van der Waals surface area contributed by atoms with Crippen LogP contribution >= 0.6 is 0 Å². The quantitative estimate of drug-likeness (QED) is 0.741. The van der Waals surface area contributed by atoms with E-state index in [1.807, 2.05) is 38.7 Å². The van der Waals surface area contributed by atoms with E-state index in [0.29, 0.717) is 18.7 Å². The number of hydrogen-bond acceptors (Lipinski definition) is 6. The minimum absolute atomic E-state index is 0.214. The summed E-state index contributed by atoms with van der Waals surface area (Å²) in [5.74, 6) is -0.279. The fourth-order valence-electron chi connectivity index (χ4n) is 5.15. The number of ether oxygens (including phenoxy) is 2. The molecule has 0 radical (unpaired) electrons. The molecule has 1 aromatic rings. The third-order valence-electron chi connectivity index (χ3n) is 6.99. The van der Waals surface area contributed by atoms with Gasteiger partial charge in [0.05, 0.1) is 11.7 Å². The summed E-state index contributed by atoms with van der Waals surface area (Å²) in [4.78, 5) is 28.3. The third kappa shape index (κ3) is 4.58. The van der Waals surface area contributed by atoms with Gasteiger partial charge in [0, 0.05) is 31.7 Å². The van der Waals surface area contributed by atoms with Crippen molar-refractivity contribution >= 4 is 12.1 Å². The summed E-state index contributed by atoms with van der Waals surface area (Å²) in [6.45, 7) is 11.8. The van der Waals surface area contributed by atoms with Gasteiger partial charge in [0.1, 0.15) is 12.2 Å². The molecular formula is C24H34N2O5. The van der Waals surface area contributed by atoms with E-state index < -0.39 is 11.7 Å². The molecule has 0 bridgehead atoms. The van der Waals surface area contributed by atoms with Crippen molar-refractivity contribution in [2.45, 2.75) is 65.3 Å². The highest BCUT2D eigenvalue weighted by molar-refractivity contribution is 5.93. The van der Waals surface area contributed by atoms with Gasteiger partial charge in [-0.05, 0) is 76.1 Å². The highest BCUT2D eigenvalue weighted by Gasteiger charge is 2.42. The average molecular weight is 431 g/mol. The number of likely N-dealkylation sites (tertiary alicyclic amines) is 2. The number of amides is 1. The number of carbonyl (C=O) groups is 2. The molecule has 3 aliphatic heterocycles.